The molecule has 1 aliphatic heterocycles. The van der Waals surface area contributed by atoms with Crippen molar-refractivity contribution < 1.29 is 4.79 Å². The van der Waals surface area contributed by atoms with E-state index in [4.69, 9.17) is 0 Å². The van der Waals surface area contributed by atoms with Crippen molar-refractivity contribution in [1.29, 1.82) is 0 Å². The molecule has 1 aliphatic rings. The molecule has 1 atom stereocenters. The molecule has 0 saturated heterocycles. The number of hydrogen-bond acceptors (Lipinski definition) is 5. The number of aromatic nitrogens is 6. The Balaban J connectivity index is 1.34. The van der Waals surface area contributed by atoms with Crippen molar-refractivity contribution in [2.24, 2.45) is 0 Å². The third-order valence-corrected chi connectivity index (χ3v) is 5.09. The van der Waals surface area contributed by atoms with Gasteiger partial charge in [0.25, 0.3) is 5.91 Å². The highest BCUT2D eigenvalue weighted by Crippen LogP contribution is 2.28. The van der Waals surface area contributed by atoms with E-state index in [1.165, 1.54) is 5.56 Å². The van der Waals surface area contributed by atoms with Crippen LogP contribution in [0.1, 0.15) is 45.9 Å². The number of amides is 1. The number of H-pyrrole nitrogens is 1. The first-order valence-electron chi connectivity index (χ1n) is 9.52. The molecule has 8 nitrogen and oxygen atoms in total. The van der Waals surface area contributed by atoms with Crippen LogP contribution in [0, 0.1) is 0 Å². The first-order valence-corrected chi connectivity index (χ1v) is 9.52. The molecule has 2 N–H and O–H groups in total. The number of aryl methyl sites for hydroxylation is 1. The maximum Gasteiger partial charge on any atom is 0.291 e. The highest BCUT2D eigenvalue weighted by molar-refractivity contribution is 5.90. The summed E-state index contributed by atoms with van der Waals surface area (Å²) in [4.78, 5) is 17.1. The smallest absolute Gasteiger partial charge is 0.291 e. The summed E-state index contributed by atoms with van der Waals surface area (Å²) in [6, 6.07) is 17.8. The molecule has 0 bridgehead atoms. The van der Waals surface area contributed by atoms with Gasteiger partial charge >= 0.3 is 0 Å². The summed E-state index contributed by atoms with van der Waals surface area (Å²) in [6.45, 7) is 0. The van der Waals surface area contributed by atoms with Crippen LogP contribution in [0.15, 0.2) is 60.9 Å². The maximum absolute atomic E-state index is 12.8. The van der Waals surface area contributed by atoms with Crippen LogP contribution in [0.2, 0.25) is 0 Å². The fourth-order valence-corrected chi connectivity index (χ4v) is 3.68. The van der Waals surface area contributed by atoms with E-state index < -0.39 is 0 Å². The average Bonchev–Trinajstić information content (AvgIpc) is 3.39. The number of para-hydroxylation sites is 1. The Kier molecular flexibility index (Phi) is 4.36. The van der Waals surface area contributed by atoms with Gasteiger partial charge in [0.2, 0.25) is 5.82 Å². The normalized spacial score (nSPS) is 15.2. The standard InChI is InChI=1S/C21H19N7O/c29-21(19-24-18(25-26-19)12-14-6-2-1-3-7-14)23-16-11-10-15-8-4-5-9-17(15)28-13-22-27-20(16)28/h1-9,13,16H,10-12H2,(H,23,29)(H,24,25,26). The molecule has 2 aromatic carbocycles. The number of nitrogens with one attached hydrogen (secondary N) is 2. The van der Waals surface area contributed by atoms with Crippen molar-refractivity contribution >= 4 is 5.91 Å². The molecule has 2 aromatic heterocycles. The molecule has 0 radical (unpaired) electrons. The van der Waals surface area contributed by atoms with Gasteiger partial charge in [-0.05, 0) is 30.0 Å². The van der Waals surface area contributed by atoms with Gasteiger partial charge in [0.05, 0.1) is 11.7 Å². The molecule has 5 rings (SSSR count). The van der Waals surface area contributed by atoms with Gasteiger partial charge in [-0.25, -0.2) is 4.98 Å². The van der Waals surface area contributed by atoms with Crippen molar-refractivity contribution in [1.82, 2.24) is 35.3 Å². The van der Waals surface area contributed by atoms with Gasteiger partial charge in [-0.1, -0.05) is 48.5 Å². The van der Waals surface area contributed by atoms with E-state index in [2.05, 4.69) is 36.8 Å². The van der Waals surface area contributed by atoms with Crippen molar-refractivity contribution in [3.8, 4) is 5.69 Å². The minimum atomic E-state index is -0.328. The van der Waals surface area contributed by atoms with E-state index in [0.29, 0.717) is 18.1 Å². The third kappa shape index (κ3) is 3.40. The fraction of sp³-hybridized carbons (Fsp3) is 0.190. The summed E-state index contributed by atoms with van der Waals surface area (Å²) in [5.74, 6) is 1.16. The summed E-state index contributed by atoms with van der Waals surface area (Å²) in [5, 5.41) is 18.3. The van der Waals surface area contributed by atoms with Crippen LogP contribution in [0.3, 0.4) is 0 Å². The first kappa shape index (κ1) is 17.3. The Morgan fingerprint density at radius 3 is 2.86 bits per heavy atom. The van der Waals surface area contributed by atoms with E-state index in [1.807, 2.05) is 53.1 Å². The SMILES string of the molecule is O=C(NC1CCc2ccccc2-n2cnnc21)c1n[nH]c(Cc2ccccc2)n1. The van der Waals surface area contributed by atoms with Crippen LogP contribution >= 0.6 is 0 Å². The zero-order valence-electron chi connectivity index (χ0n) is 15.6. The average molecular weight is 385 g/mol. The summed E-state index contributed by atoms with van der Waals surface area (Å²) < 4.78 is 1.94. The number of nitrogens with zero attached hydrogens (tertiary/aromatic N) is 5. The summed E-state index contributed by atoms with van der Waals surface area (Å²) in [5.41, 5.74) is 3.35. The van der Waals surface area contributed by atoms with Gasteiger partial charge in [0, 0.05) is 6.42 Å². The van der Waals surface area contributed by atoms with Gasteiger partial charge in [-0.2, -0.15) is 0 Å². The molecule has 0 aliphatic carbocycles. The molecule has 1 unspecified atom stereocenters. The Morgan fingerprint density at radius 2 is 1.97 bits per heavy atom. The second-order valence-corrected chi connectivity index (χ2v) is 7.02. The van der Waals surface area contributed by atoms with E-state index in [0.717, 1.165) is 24.1 Å². The fourth-order valence-electron chi connectivity index (χ4n) is 3.68. The number of carbonyl (C=O) groups is 1. The van der Waals surface area contributed by atoms with E-state index in [9.17, 15) is 4.79 Å². The monoisotopic (exact) mass is 385 g/mol. The molecule has 8 heteroatoms. The first-order chi connectivity index (χ1) is 14.3. The van der Waals surface area contributed by atoms with E-state index in [-0.39, 0.29) is 17.8 Å². The van der Waals surface area contributed by atoms with Crippen LogP contribution in [0.4, 0.5) is 0 Å². The summed E-state index contributed by atoms with van der Waals surface area (Å²) >= 11 is 0. The van der Waals surface area contributed by atoms with E-state index >= 15 is 0 Å². The Bertz CT molecular complexity index is 1150. The van der Waals surface area contributed by atoms with Crippen molar-refractivity contribution in [2.45, 2.75) is 25.3 Å². The minimum absolute atomic E-state index is 0.128. The summed E-state index contributed by atoms with van der Waals surface area (Å²) in [7, 11) is 0. The van der Waals surface area contributed by atoms with Crippen LogP contribution in [0.25, 0.3) is 5.69 Å². The molecule has 144 valence electrons. The zero-order chi connectivity index (χ0) is 19.6. The molecular formula is C21H19N7O. The van der Waals surface area contributed by atoms with E-state index in [1.54, 1.807) is 6.33 Å². The van der Waals surface area contributed by atoms with Gasteiger partial charge in [0.15, 0.2) is 5.82 Å². The zero-order valence-corrected chi connectivity index (χ0v) is 15.6. The van der Waals surface area contributed by atoms with Crippen LogP contribution in [-0.2, 0) is 12.8 Å². The molecule has 29 heavy (non-hydrogen) atoms. The number of benzene rings is 2. The lowest BCUT2D eigenvalue weighted by molar-refractivity contribution is 0.0922. The Hall–Kier alpha value is -3.81. The molecule has 4 aromatic rings. The van der Waals surface area contributed by atoms with Crippen LogP contribution < -0.4 is 5.32 Å². The molecule has 1 amide bonds. The second kappa shape index (κ2) is 7.31. The predicted molar refractivity (Wildman–Crippen MR) is 106 cm³/mol. The third-order valence-electron chi connectivity index (χ3n) is 5.09. The summed E-state index contributed by atoms with van der Waals surface area (Å²) in [6.07, 6.45) is 3.83. The van der Waals surface area contributed by atoms with Crippen LogP contribution in [0.5, 0.6) is 0 Å². The van der Waals surface area contributed by atoms with Gasteiger partial charge in [-0.3, -0.25) is 14.5 Å². The van der Waals surface area contributed by atoms with Crippen LogP contribution in [-0.4, -0.2) is 35.9 Å². The molecule has 0 saturated carbocycles. The topological polar surface area (TPSA) is 101 Å². The maximum atomic E-state index is 12.8. The highest BCUT2D eigenvalue weighted by atomic mass is 16.2. The second-order valence-electron chi connectivity index (χ2n) is 7.02. The number of hydrogen-bond donors (Lipinski definition) is 2. The Morgan fingerprint density at radius 1 is 1.14 bits per heavy atom. The highest BCUT2D eigenvalue weighted by Gasteiger charge is 2.27. The Labute approximate surface area is 167 Å². The number of rotatable bonds is 4. The predicted octanol–water partition coefficient (Wildman–Crippen LogP) is 2.39. The largest absolute Gasteiger partial charge is 0.339 e. The lowest BCUT2D eigenvalue weighted by atomic mass is 10.1. The van der Waals surface area contributed by atoms with Crippen molar-refractivity contribution in [3.63, 3.8) is 0 Å². The van der Waals surface area contributed by atoms with Crippen molar-refractivity contribution in [3.05, 3.63) is 89.5 Å². The number of carbonyl (C=O) groups excluding carboxylic acids is 1. The molecule has 3 heterocycles. The molecular weight excluding hydrogens is 366 g/mol. The minimum Gasteiger partial charge on any atom is -0.339 e. The lowest BCUT2D eigenvalue weighted by Crippen LogP contribution is -2.31. The van der Waals surface area contributed by atoms with Gasteiger partial charge in [0.1, 0.15) is 12.2 Å². The lowest BCUT2D eigenvalue weighted by Gasteiger charge is -2.14. The van der Waals surface area contributed by atoms with Gasteiger partial charge in [-0.15, -0.1) is 15.3 Å². The van der Waals surface area contributed by atoms with Crippen molar-refractivity contribution in [2.75, 3.05) is 0 Å². The number of fused-ring (bicyclic) bond motifs is 3. The molecule has 0 spiro atoms. The quantitative estimate of drug-likeness (QED) is 0.562. The number of aromatic amines is 1. The van der Waals surface area contributed by atoms with Gasteiger partial charge < -0.3 is 5.32 Å². The molecule has 0 fully saturated rings.